The summed E-state index contributed by atoms with van der Waals surface area (Å²) in [4.78, 5) is 145. The molecule has 0 saturated carbocycles. The van der Waals surface area contributed by atoms with Gasteiger partial charge in [-0.2, -0.15) is 0 Å². The van der Waals surface area contributed by atoms with Gasteiger partial charge < -0.3 is 41.7 Å². The van der Waals surface area contributed by atoms with Gasteiger partial charge in [-0.1, -0.05) is 87.4 Å². The van der Waals surface area contributed by atoms with E-state index in [1.807, 2.05) is 42.4 Å². The molecule has 23 heteroatoms. The van der Waals surface area contributed by atoms with Crippen molar-refractivity contribution in [3.8, 4) is 0 Å². The Balaban J connectivity index is 0.000000328. The number of nitrogens with zero attached hydrogens (tertiary/aromatic N) is 4. The van der Waals surface area contributed by atoms with E-state index in [2.05, 4.69) is 31.9 Å². The van der Waals surface area contributed by atoms with Crippen molar-refractivity contribution in [2.45, 2.75) is 106 Å². The van der Waals surface area contributed by atoms with Crippen molar-refractivity contribution in [2.75, 3.05) is 80.0 Å². The monoisotopic (exact) mass is 1080 g/mol. The minimum atomic E-state index is -1.08. The van der Waals surface area contributed by atoms with Crippen molar-refractivity contribution < 1.29 is 52.7 Å². The Morgan fingerprint density at radius 3 is 1.40 bits per heavy atom. The van der Waals surface area contributed by atoms with Gasteiger partial charge in [-0.3, -0.25) is 62.5 Å². The van der Waals surface area contributed by atoms with E-state index in [9.17, 15) is 52.7 Å². The van der Waals surface area contributed by atoms with Crippen molar-refractivity contribution in [1.29, 1.82) is 0 Å². The lowest BCUT2D eigenvalue weighted by Crippen LogP contribution is -2.52. The molecule has 0 aromatic heterocycles. The van der Waals surface area contributed by atoms with Gasteiger partial charge in [0, 0.05) is 41.2 Å². The second-order valence-corrected chi connectivity index (χ2v) is 22.4. The first-order valence-electron chi connectivity index (χ1n) is 25.2. The average molecular weight is 1080 g/mol. The molecule has 8 amide bonds. The van der Waals surface area contributed by atoms with Crippen LogP contribution in [0.4, 0.5) is 0 Å². The summed E-state index contributed by atoms with van der Waals surface area (Å²) in [5.74, 6) is -4.26. The Labute approximate surface area is 447 Å². The summed E-state index contributed by atoms with van der Waals surface area (Å²) in [6.45, 7) is 3.61. The molecule has 3 aliphatic rings. The van der Waals surface area contributed by atoms with Crippen LogP contribution >= 0.6 is 23.5 Å². The largest absolute Gasteiger partial charge is 0.347 e. The molecule has 3 saturated heterocycles. The second kappa shape index (κ2) is 29.8. The van der Waals surface area contributed by atoms with Gasteiger partial charge in [0.25, 0.3) is 11.8 Å². The van der Waals surface area contributed by atoms with Crippen molar-refractivity contribution in [1.82, 2.24) is 51.5 Å². The Bertz CT molecular complexity index is 2350. The van der Waals surface area contributed by atoms with Gasteiger partial charge in [0.2, 0.25) is 47.0 Å². The number of likely N-dealkylation sites (N-methyl/N-ethyl adjacent to an activating group) is 4. The van der Waals surface area contributed by atoms with Crippen molar-refractivity contribution in [2.24, 2.45) is 0 Å². The lowest BCUT2D eigenvalue weighted by molar-refractivity contribution is -0.141. The zero-order chi connectivity index (χ0) is 55.4. The molecule has 3 fully saturated rings. The Morgan fingerprint density at radius 1 is 0.613 bits per heavy atom. The number of hydrogen-bond donors (Lipinski definition) is 6. The van der Waals surface area contributed by atoms with E-state index in [1.54, 1.807) is 108 Å². The summed E-state index contributed by atoms with van der Waals surface area (Å²) in [5.41, 5.74) is 1.17. The minimum Gasteiger partial charge on any atom is -0.347 e. The molecular weight excluding hydrogens is 1000 g/mol. The fourth-order valence-electron chi connectivity index (χ4n) is 8.66. The number of hydrogen-bond acceptors (Lipinski definition) is 15. The predicted molar refractivity (Wildman–Crippen MR) is 286 cm³/mol. The van der Waals surface area contributed by atoms with E-state index in [1.165, 1.54) is 22.6 Å². The third-order valence-corrected chi connectivity index (χ3v) is 16.1. The third-order valence-electron chi connectivity index (χ3n) is 12.7. The molecule has 6 N–H and O–H groups in total. The Kier molecular flexibility index (Phi) is 24.4. The van der Waals surface area contributed by atoms with E-state index in [0.29, 0.717) is 36.8 Å². The number of carbonyl (C=O) groups is 11. The minimum absolute atomic E-state index is 0.0200. The summed E-state index contributed by atoms with van der Waals surface area (Å²) >= 11 is 3.85. The number of ketones is 3. The fourth-order valence-corrected chi connectivity index (χ4v) is 12.1. The third kappa shape index (κ3) is 18.3. The SMILES string of the molecule is CCCC(NC(=O)C1CC(=O)CN1C)C(=O)C(=O)NCC(=O)N[C@H](C(=O)N(C)C)c1ccccc1.CCCC(NC(=O)C1CC2(CN1C)SCCCCS2)C(=O)C(=O)NCC(=O)N[C@H](C(=O)N(C)C)c1ccccc1. The molecular formula is C52H74N10O11S2. The van der Waals surface area contributed by atoms with Gasteiger partial charge in [-0.15, -0.1) is 23.5 Å². The topological polar surface area (TPSA) is 273 Å². The van der Waals surface area contributed by atoms with Gasteiger partial charge in [0.05, 0.1) is 47.9 Å². The smallest absolute Gasteiger partial charge is 0.290 e. The number of thioether (sulfide) groups is 2. The number of amides is 8. The highest BCUT2D eigenvalue weighted by Gasteiger charge is 2.47. The van der Waals surface area contributed by atoms with Gasteiger partial charge in [0.1, 0.15) is 17.9 Å². The predicted octanol–water partition coefficient (Wildman–Crippen LogP) is 0.738. The second-order valence-electron chi connectivity index (χ2n) is 19.2. The van der Waals surface area contributed by atoms with Crippen LogP contribution in [0.5, 0.6) is 0 Å². The molecule has 0 aliphatic carbocycles. The van der Waals surface area contributed by atoms with E-state index in [4.69, 9.17) is 0 Å². The van der Waals surface area contributed by atoms with Crippen LogP contribution in [0.25, 0.3) is 0 Å². The van der Waals surface area contributed by atoms with Crippen LogP contribution in [0.2, 0.25) is 0 Å². The van der Waals surface area contributed by atoms with Crippen molar-refractivity contribution in [3.63, 3.8) is 0 Å². The molecule has 2 aromatic rings. The van der Waals surface area contributed by atoms with E-state index in [-0.39, 0.29) is 53.0 Å². The van der Waals surface area contributed by atoms with Crippen LogP contribution in [0.1, 0.15) is 88.4 Å². The Hall–Kier alpha value is -6.17. The van der Waals surface area contributed by atoms with Gasteiger partial charge in [-0.25, -0.2) is 0 Å². The van der Waals surface area contributed by atoms with Crippen LogP contribution in [0, 0.1) is 0 Å². The highest BCUT2D eigenvalue weighted by atomic mass is 32.2. The lowest BCUT2D eigenvalue weighted by Gasteiger charge is -2.25. The first-order valence-corrected chi connectivity index (χ1v) is 27.1. The number of Topliss-reactive ketones (excluding diaryl/α,β-unsaturated/α-hetero) is 3. The molecule has 0 radical (unpaired) electrons. The maximum atomic E-state index is 13.3. The van der Waals surface area contributed by atoms with E-state index in [0.717, 1.165) is 18.1 Å². The normalized spacial score (nSPS) is 18.8. The maximum absolute atomic E-state index is 13.3. The first-order chi connectivity index (χ1) is 35.6. The summed E-state index contributed by atoms with van der Waals surface area (Å²) in [6, 6.07) is 12.4. The van der Waals surface area contributed by atoms with E-state index >= 15 is 0 Å². The van der Waals surface area contributed by atoms with Gasteiger partial charge in [-0.05, 0) is 68.8 Å². The maximum Gasteiger partial charge on any atom is 0.290 e. The average Bonchev–Trinajstić information content (AvgIpc) is 3.81. The van der Waals surface area contributed by atoms with Crippen LogP contribution in [-0.4, -0.2) is 192 Å². The van der Waals surface area contributed by atoms with Crippen LogP contribution < -0.4 is 31.9 Å². The molecule has 4 unspecified atom stereocenters. The highest BCUT2D eigenvalue weighted by Crippen LogP contribution is 2.49. The van der Waals surface area contributed by atoms with Crippen LogP contribution in [0.15, 0.2) is 60.7 Å². The summed E-state index contributed by atoms with van der Waals surface area (Å²) in [6.07, 6.45) is 4.75. The van der Waals surface area contributed by atoms with Crippen LogP contribution in [-0.2, 0) is 52.7 Å². The lowest BCUT2D eigenvalue weighted by atomic mass is 10.0. The number of rotatable bonds is 22. The molecule has 3 aliphatic heterocycles. The molecule has 3 heterocycles. The fraction of sp³-hybridized carbons (Fsp3) is 0.558. The molecule has 410 valence electrons. The van der Waals surface area contributed by atoms with Gasteiger partial charge >= 0.3 is 0 Å². The number of nitrogens with one attached hydrogen (secondary N) is 6. The van der Waals surface area contributed by atoms with E-state index < -0.39 is 84.4 Å². The number of likely N-dealkylation sites (tertiary alicyclic amines) is 2. The van der Waals surface area contributed by atoms with Crippen molar-refractivity contribution in [3.05, 3.63) is 71.8 Å². The molecule has 75 heavy (non-hydrogen) atoms. The molecule has 21 nitrogen and oxygen atoms in total. The molecule has 5 rings (SSSR count). The number of carbonyl (C=O) groups excluding carboxylic acids is 11. The quantitative estimate of drug-likeness (QED) is 0.0888. The van der Waals surface area contributed by atoms with Gasteiger partial charge in [0.15, 0.2) is 0 Å². The van der Waals surface area contributed by atoms with Crippen molar-refractivity contribution >= 4 is 88.1 Å². The first kappa shape index (κ1) is 61.4. The summed E-state index contributed by atoms with van der Waals surface area (Å²) in [7, 11) is 9.87. The molecule has 1 spiro atoms. The summed E-state index contributed by atoms with van der Waals surface area (Å²) in [5, 5.41) is 15.2. The molecule has 6 atom stereocenters. The summed E-state index contributed by atoms with van der Waals surface area (Å²) < 4.78 is -0.0200. The zero-order valence-electron chi connectivity index (χ0n) is 44.2. The molecule has 0 bridgehead atoms. The highest BCUT2D eigenvalue weighted by molar-refractivity contribution is 8.18. The van der Waals surface area contributed by atoms with Crippen LogP contribution in [0.3, 0.4) is 0 Å². The zero-order valence-corrected chi connectivity index (χ0v) is 45.9. The molecule has 2 aromatic carbocycles. The number of benzene rings is 2. The standard InChI is InChI=1S/C28H41N5O5S2.C24H33N5O6/c1-5-11-20(30-25(36)21-16-28(18-33(21)4)39-14-9-10-15-40-28)24(35)26(37)29-17-22(34)31-23(27(38)32(2)3)19-12-7-6-8-13-19;1-5-9-17(26-22(33)18-12-16(30)14-29(18)4)21(32)23(34)25-13-19(31)27-20(24(35)28(2)3)15-10-7-6-8-11-15/h6-8,12-13,20-21,23H,5,9-11,14-18H2,1-4H3,(H,29,37)(H,30,36)(H,31,34);6-8,10-11,17-18,20H,5,9,12-14H2,1-4H3,(H,25,34)(H,26,33)(H,27,31)/t20?,21?,23-;17?,18?,20-/m00/s1. The Morgan fingerprint density at radius 2 is 1.03 bits per heavy atom.